The van der Waals surface area contributed by atoms with Crippen molar-refractivity contribution >= 4 is 0 Å². The number of hydrogen-bond acceptors (Lipinski definition) is 3. The van der Waals surface area contributed by atoms with Gasteiger partial charge in [-0.25, -0.2) is 0 Å². The Morgan fingerprint density at radius 1 is 1.05 bits per heavy atom. The van der Waals surface area contributed by atoms with Crippen LogP contribution in [0.3, 0.4) is 0 Å². The Kier molecular flexibility index (Phi) is 4.71. The van der Waals surface area contributed by atoms with Crippen LogP contribution < -0.4 is 4.74 Å². The molecule has 1 saturated carbocycles. The summed E-state index contributed by atoms with van der Waals surface area (Å²) in [5.41, 5.74) is 0.503. The number of methoxy groups -OCH3 is 1. The maximum atomic E-state index is 11.0. The zero-order valence-corrected chi connectivity index (χ0v) is 12.8. The quantitative estimate of drug-likeness (QED) is 0.838. The van der Waals surface area contributed by atoms with Gasteiger partial charge in [-0.15, -0.1) is 0 Å². The molecule has 3 heteroatoms. The van der Waals surface area contributed by atoms with Gasteiger partial charge in [-0.1, -0.05) is 32.0 Å². The number of para-hydroxylation sites is 1. The monoisotopic (exact) mass is 278 g/mol. The molecule has 0 bridgehead atoms. The van der Waals surface area contributed by atoms with E-state index in [-0.39, 0.29) is 0 Å². The second kappa shape index (κ2) is 6.15. The molecule has 1 aromatic carbocycles. The standard InChI is InChI=1S/C17H26O3/c1-16(2)8-10-17(18,11-9-16)14-6-4-5-7-15(14)20-13-12-19-3/h4-7,18H,8-13H2,1-3H3. The zero-order valence-electron chi connectivity index (χ0n) is 12.8. The fourth-order valence-electron chi connectivity index (χ4n) is 2.82. The second-order valence-corrected chi connectivity index (χ2v) is 6.53. The molecule has 0 atom stereocenters. The van der Waals surface area contributed by atoms with E-state index in [1.54, 1.807) is 7.11 Å². The van der Waals surface area contributed by atoms with Crippen molar-refractivity contribution in [1.82, 2.24) is 0 Å². The van der Waals surface area contributed by atoms with Gasteiger partial charge in [-0.05, 0) is 37.2 Å². The summed E-state index contributed by atoms with van der Waals surface area (Å²) in [6.45, 7) is 5.61. The highest BCUT2D eigenvalue weighted by molar-refractivity contribution is 5.38. The number of ether oxygens (including phenoxy) is 2. The topological polar surface area (TPSA) is 38.7 Å². The summed E-state index contributed by atoms with van der Waals surface area (Å²) in [7, 11) is 1.66. The molecule has 0 radical (unpaired) electrons. The van der Waals surface area contributed by atoms with E-state index in [1.165, 1.54) is 0 Å². The summed E-state index contributed by atoms with van der Waals surface area (Å²) in [6.07, 6.45) is 3.67. The average Bonchev–Trinajstić information content (AvgIpc) is 2.43. The SMILES string of the molecule is COCCOc1ccccc1C1(O)CCC(C)(C)CC1. The van der Waals surface area contributed by atoms with Crippen LogP contribution in [0.1, 0.15) is 45.1 Å². The van der Waals surface area contributed by atoms with Crippen LogP contribution in [0.2, 0.25) is 0 Å². The Morgan fingerprint density at radius 2 is 1.70 bits per heavy atom. The van der Waals surface area contributed by atoms with Gasteiger partial charge in [0.25, 0.3) is 0 Å². The largest absolute Gasteiger partial charge is 0.491 e. The van der Waals surface area contributed by atoms with Gasteiger partial charge in [0, 0.05) is 12.7 Å². The summed E-state index contributed by atoms with van der Waals surface area (Å²) in [5, 5.41) is 11.0. The van der Waals surface area contributed by atoms with E-state index in [0.717, 1.165) is 37.0 Å². The number of hydrogen-bond donors (Lipinski definition) is 1. The molecule has 20 heavy (non-hydrogen) atoms. The highest BCUT2D eigenvalue weighted by Crippen LogP contribution is 2.47. The van der Waals surface area contributed by atoms with Crippen molar-refractivity contribution in [2.45, 2.75) is 45.1 Å². The van der Waals surface area contributed by atoms with Crippen LogP contribution in [0, 0.1) is 5.41 Å². The van der Waals surface area contributed by atoms with Crippen molar-refractivity contribution < 1.29 is 14.6 Å². The first-order chi connectivity index (χ1) is 9.47. The molecule has 0 amide bonds. The molecular weight excluding hydrogens is 252 g/mol. The first-order valence-electron chi connectivity index (χ1n) is 7.40. The summed E-state index contributed by atoms with van der Waals surface area (Å²) in [5.74, 6) is 0.784. The molecule has 0 unspecified atom stereocenters. The minimum Gasteiger partial charge on any atom is -0.491 e. The molecule has 0 aromatic heterocycles. The van der Waals surface area contributed by atoms with E-state index in [4.69, 9.17) is 9.47 Å². The van der Waals surface area contributed by atoms with Gasteiger partial charge >= 0.3 is 0 Å². The van der Waals surface area contributed by atoms with E-state index in [9.17, 15) is 5.11 Å². The van der Waals surface area contributed by atoms with Gasteiger partial charge in [0.05, 0.1) is 12.2 Å². The van der Waals surface area contributed by atoms with Crippen LogP contribution in [0.25, 0.3) is 0 Å². The van der Waals surface area contributed by atoms with Gasteiger partial charge < -0.3 is 14.6 Å². The van der Waals surface area contributed by atoms with Crippen molar-refractivity contribution in [2.24, 2.45) is 5.41 Å². The third-order valence-corrected chi connectivity index (χ3v) is 4.36. The third kappa shape index (κ3) is 3.53. The third-order valence-electron chi connectivity index (χ3n) is 4.36. The van der Waals surface area contributed by atoms with Crippen LogP contribution in [0.15, 0.2) is 24.3 Å². The molecule has 0 spiro atoms. The molecule has 1 N–H and O–H groups in total. The van der Waals surface area contributed by atoms with Crippen molar-refractivity contribution in [3.8, 4) is 5.75 Å². The van der Waals surface area contributed by atoms with Gasteiger partial charge in [0.15, 0.2) is 0 Å². The van der Waals surface area contributed by atoms with Crippen molar-refractivity contribution in [3.63, 3.8) is 0 Å². The lowest BCUT2D eigenvalue weighted by atomic mass is 9.68. The molecule has 0 aliphatic heterocycles. The zero-order chi connectivity index (χ0) is 14.6. The second-order valence-electron chi connectivity index (χ2n) is 6.53. The van der Waals surface area contributed by atoms with Crippen LogP contribution in [0.4, 0.5) is 0 Å². The Labute approximate surface area is 121 Å². The average molecular weight is 278 g/mol. The Morgan fingerprint density at radius 3 is 2.35 bits per heavy atom. The minimum absolute atomic E-state index is 0.331. The molecule has 3 nitrogen and oxygen atoms in total. The Bertz CT molecular complexity index is 430. The predicted octanol–water partition coefficient (Wildman–Crippen LogP) is 3.50. The van der Waals surface area contributed by atoms with Gasteiger partial charge in [-0.3, -0.25) is 0 Å². The van der Waals surface area contributed by atoms with E-state index in [1.807, 2.05) is 24.3 Å². The van der Waals surface area contributed by atoms with E-state index in [2.05, 4.69) is 13.8 Å². The van der Waals surface area contributed by atoms with Crippen molar-refractivity contribution in [1.29, 1.82) is 0 Å². The van der Waals surface area contributed by atoms with E-state index >= 15 is 0 Å². The first-order valence-corrected chi connectivity index (χ1v) is 7.40. The summed E-state index contributed by atoms with van der Waals surface area (Å²) in [4.78, 5) is 0. The fourth-order valence-corrected chi connectivity index (χ4v) is 2.82. The maximum absolute atomic E-state index is 11.0. The van der Waals surface area contributed by atoms with Gasteiger partial charge in [-0.2, -0.15) is 0 Å². The van der Waals surface area contributed by atoms with Gasteiger partial charge in [0.1, 0.15) is 12.4 Å². The minimum atomic E-state index is -0.751. The van der Waals surface area contributed by atoms with Crippen molar-refractivity contribution in [2.75, 3.05) is 20.3 Å². The molecule has 2 rings (SSSR count). The van der Waals surface area contributed by atoms with Crippen molar-refractivity contribution in [3.05, 3.63) is 29.8 Å². The van der Waals surface area contributed by atoms with Gasteiger partial charge in [0.2, 0.25) is 0 Å². The predicted molar refractivity (Wildman–Crippen MR) is 80.0 cm³/mol. The Balaban J connectivity index is 2.15. The molecule has 1 aromatic rings. The lowest BCUT2D eigenvalue weighted by Gasteiger charge is -2.41. The fraction of sp³-hybridized carbons (Fsp3) is 0.647. The summed E-state index contributed by atoms with van der Waals surface area (Å²) < 4.78 is 10.8. The Hall–Kier alpha value is -1.06. The van der Waals surface area contributed by atoms with E-state index < -0.39 is 5.60 Å². The molecule has 0 heterocycles. The maximum Gasteiger partial charge on any atom is 0.125 e. The normalized spacial score (nSPS) is 20.6. The van der Waals surface area contributed by atoms with Crippen LogP contribution >= 0.6 is 0 Å². The molecule has 0 saturated heterocycles. The van der Waals surface area contributed by atoms with E-state index in [0.29, 0.717) is 18.6 Å². The molecule has 1 aliphatic rings. The highest BCUT2D eigenvalue weighted by atomic mass is 16.5. The number of rotatable bonds is 5. The van der Waals surface area contributed by atoms with Crippen LogP contribution in [0.5, 0.6) is 5.75 Å². The first kappa shape index (κ1) is 15.3. The number of benzene rings is 1. The molecule has 1 aliphatic carbocycles. The molecular formula is C17H26O3. The van der Waals surface area contributed by atoms with Crippen LogP contribution in [-0.4, -0.2) is 25.4 Å². The smallest absolute Gasteiger partial charge is 0.125 e. The lowest BCUT2D eigenvalue weighted by Crippen LogP contribution is -2.35. The molecule has 112 valence electrons. The lowest BCUT2D eigenvalue weighted by molar-refractivity contribution is -0.0326. The van der Waals surface area contributed by atoms with Crippen LogP contribution in [-0.2, 0) is 10.3 Å². The number of aliphatic hydroxyl groups is 1. The highest BCUT2D eigenvalue weighted by Gasteiger charge is 2.39. The summed E-state index contributed by atoms with van der Waals surface area (Å²) >= 11 is 0. The molecule has 1 fully saturated rings. The summed E-state index contributed by atoms with van der Waals surface area (Å²) in [6, 6.07) is 7.83.